The molecule has 4 nitrogen and oxygen atoms in total. The molecule has 0 fully saturated rings. The summed E-state index contributed by atoms with van der Waals surface area (Å²) in [5.41, 5.74) is 6.19. The summed E-state index contributed by atoms with van der Waals surface area (Å²) in [5.74, 6) is -0.332. The van der Waals surface area contributed by atoms with Crippen molar-refractivity contribution in [2.45, 2.75) is 13.3 Å². The van der Waals surface area contributed by atoms with Gasteiger partial charge in [0.05, 0.1) is 16.8 Å². The molecular weight excluding hydrogens is 310 g/mol. The number of aryl methyl sites for hydroxylation is 1. The first-order valence-electron chi connectivity index (χ1n) is 7.37. The van der Waals surface area contributed by atoms with Crippen LogP contribution >= 0.6 is 11.6 Å². The van der Waals surface area contributed by atoms with Crippen molar-refractivity contribution in [2.24, 2.45) is 5.10 Å². The molecule has 0 radical (unpaired) electrons. The number of halogens is 1. The van der Waals surface area contributed by atoms with Crippen LogP contribution < -0.4 is 5.43 Å². The zero-order valence-corrected chi connectivity index (χ0v) is 13.4. The van der Waals surface area contributed by atoms with Gasteiger partial charge in [-0.3, -0.25) is 4.79 Å². The Morgan fingerprint density at radius 1 is 1.26 bits per heavy atom. The fourth-order valence-corrected chi connectivity index (χ4v) is 2.73. The number of nitrogens with zero attached hydrogens (tertiary/aromatic N) is 1. The summed E-state index contributed by atoms with van der Waals surface area (Å²) in [7, 11) is 0. The molecule has 0 unspecified atom stereocenters. The minimum absolute atomic E-state index is 0.332. The second-order valence-corrected chi connectivity index (χ2v) is 5.52. The van der Waals surface area contributed by atoms with Crippen molar-refractivity contribution >= 4 is 34.6 Å². The number of carbonyl (C=O) groups excluding carboxylic acids is 1. The standard InChI is InChI=1S/C18H16ClN3O/c1-2-12-6-5-8-14-13(10-20-17(12)14)11-21-22-18(23)15-7-3-4-9-16(15)19/h3-11,20H,2H2,1H3,(H,22,23). The Labute approximate surface area is 139 Å². The maximum Gasteiger partial charge on any atom is 0.272 e. The highest BCUT2D eigenvalue weighted by molar-refractivity contribution is 6.33. The number of carbonyl (C=O) groups is 1. The quantitative estimate of drug-likeness (QED) is 0.549. The molecule has 0 spiro atoms. The maximum atomic E-state index is 12.0. The molecule has 1 aromatic heterocycles. The Morgan fingerprint density at radius 3 is 2.87 bits per heavy atom. The Kier molecular flexibility index (Phi) is 4.44. The van der Waals surface area contributed by atoms with Crippen molar-refractivity contribution < 1.29 is 4.79 Å². The molecule has 0 atom stereocenters. The van der Waals surface area contributed by atoms with Crippen LogP contribution in [0, 0.1) is 0 Å². The van der Waals surface area contributed by atoms with Gasteiger partial charge in [0.15, 0.2) is 0 Å². The number of hydrogen-bond acceptors (Lipinski definition) is 2. The summed E-state index contributed by atoms with van der Waals surface area (Å²) in [5, 5.41) is 5.52. The van der Waals surface area contributed by atoms with E-state index in [4.69, 9.17) is 11.6 Å². The highest BCUT2D eigenvalue weighted by Gasteiger charge is 2.08. The van der Waals surface area contributed by atoms with Crippen LogP contribution in [0.2, 0.25) is 5.02 Å². The third-order valence-corrected chi connectivity index (χ3v) is 4.03. The monoisotopic (exact) mass is 325 g/mol. The molecule has 1 heterocycles. The smallest absolute Gasteiger partial charge is 0.272 e. The lowest BCUT2D eigenvalue weighted by Gasteiger charge is -2.01. The number of hydrogen-bond donors (Lipinski definition) is 2. The van der Waals surface area contributed by atoms with Gasteiger partial charge in [0.1, 0.15) is 0 Å². The van der Waals surface area contributed by atoms with Gasteiger partial charge in [0.2, 0.25) is 0 Å². The largest absolute Gasteiger partial charge is 0.360 e. The van der Waals surface area contributed by atoms with Crippen molar-refractivity contribution in [3.8, 4) is 0 Å². The second kappa shape index (κ2) is 6.67. The zero-order valence-electron chi connectivity index (χ0n) is 12.6. The number of hydrazone groups is 1. The third-order valence-electron chi connectivity index (χ3n) is 3.70. The van der Waals surface area contributed by atoms with Gasteiger partial charge in [0, 0.05) is 22.7 Å². The fraction of sp³-hybridized carbons (Fsp3) is 0.111. The number of H-pyrrole nitrogens is 1. The number of para-hydroxylation sites is 1. The van der Waals surface area contributed by atoms with E-state index in [1.807, 2.05) is 18.3 Å². The first kappa shape index (κ1) is 15.3. The summed E-state index contributed by atoms with van der Waals surface area (Å²) in [6.07, 6.45) is 4.47. The van der Waals surface area contributed by atoms with Gasteiger partial charge in [-0.2, -0.15) is 5.10 Å². The molecule has 0 bridgehead atoms. The Balaban J connectivity index is 1.79. The first-order chi connectivity index (χ1) is 11.2. The number of rotatable bonds is 4. The van der Waals surface area contributed by atoms with E-state index in [9.17, 15) is 4.79 Å². The normalized spacial score (nSPS) is 11.2. The van der Waals surface area contributed by atoms with Gasteiger partial charge in [-0.1, -0.05) is 48.9 Å². The molecule has 0 saturated heterocycles. The number of fused-ring (bicyclic) bond motifs is 1. The van der Waals surface area contributed by atoms with Crippen molar-refractivity contribution in [1.29, 1.82) is 0 Å². The van der Waals surface area contributed by atoms with Crippen LogP contribution in [0.15, 0.2) is 53.8 Å². The van der Waals surface area contributed by atoms with Crippen LogP contribution in [-0.2, 0) is 6.42 Å². The molecule has 3 aromatic rings. The van der Waals surface area contributed by atoms with E-state index in [0.717, 1.165) is 22.9 Å². The summed E-state index contributed by atoms with van der Waals surface area (Å²) in [6.45, 7) is 2.12. The molecule has 2 N–H and O–H groups in total. The van der Waals surface area contributed by atoms with Gasteiger partial charge < -0.3 is 4.98 Å². The van der Waals surface area contributed by atoms with E-state index in [1.54, 1.807) is 30.5 Å². The molecule has 3 rings (SSSR count). The Bertz CT molecular complexity index is 883. The van der Waals surface area contributed by atoms with Crippen LogP contribution in [0.1, 0.15) is 28.4 Å². The zero-order chi connectivity index (χ0) is 16.2. The molecule has 116 valence electrons. The first-order valence-corrected chi connectivity index (χ1v) is 7.75. The lowest BCUT2D eigenvalue weighted by molar-refractivity contribution is 0.0955. The molecule has 1 amide bonds. The summed E-state index contributed by atoms with van der Waals surface area (Å²) < 4.78 is 0. The van der Waals surface area contributed by atoms with Gasteiger partial charge in [-0.25, -0.2) is 5.43 Å². The number of aromatic amines is 1. The lowest BCUT2D eigenvalue weighted by Crippen LogP contribution is -2.17. The lowest BCUT2D eigenvalue weighted by atomic mass is 10.1. The third kappa shape index (κ3) is 3.12. The van der Waals surface area contributed by atoms with Crippen LogP contribution in [-0.4, -0.2) is 17.1 Å². The molecule has 5 heteroatoms. The fourth-order valence-electron chi connectivity index (χ4n) is 2.51. The maximum absolute atomic E-state index is 12.0. The number of nitrogens with one attached hydrogen (secondary N) is 2. The van der Waals surface area contributed by atoms with Crippen LogP contribution in [0.4, 0.5) is 0 Å². The molecule has 0 aliphatic heterocycles. The Morgan fingerprint density at radius 2 is 2.09 bits per heavy atom. The van der Waals surface area contributed by atoms with E-state index >= 15 is 0 Å². The van der Waals surface area contributed by atoms with E-state index in [0.29, 0.717) is 10.6 Å². The molecular formula is C18H16ClN3O. The minimum atomic E-state index is -0.332. The summed E-state index contributed by atoms with van der Waals surface area (Å²) in [4.78, 5) is 15.3. The second-order valence-electron chi connectivity index (χ2n) is 5.12. The van der Waals surface area contributed by atoms with Crippen LogP contribution in [0.5, 0.6) is 0 Å². The minimum Gasteiger partial charge on any atom is -0.360 e. The van der Waals surface area contributed by atoms with E-state index in [2.05, 4.69) is 28.5 Å². The van der Waals surface area contributed by atoms with E-state index in [1.165, 1.54) is 5.56 Å². The van der Waals surface area contributed by atoms with Gasteiger partial charge >= 0.3 is 0 Å². The summed E-state index contributed by atoms with van der Waals surface area (Å²) in [6, 6.07) is 13.0. The van der Waals surface area contributed by atoms with Crippen molar-refractivity contribution in [3.63, 3.8) is 0 Å². The summed E-state index contributed by atoms with van der Waals surface area (Å²) >= 11 is 5.99. The molecule has 0 aliphatic carbocycles. The molecule has 0 saturated carbocycles. The Hall–Kier alpha value is -2.59. The van der Waals surface area contributed by atoms with E-state index < -0.39 is 0 Å². The SMILES string of the molecule is CCc1cccc2c(C=NNC(=O)c3ccccc3Cl)c[nH]c12. The molecule has 2 aromatic carbocycles. The predicted molar refractivity (Wildman–Crippen MR) is 94.2 cm³/mol. The van der Waals surface area contributed by atoms with Crippen molar-refractivity contribution in [2.75, 3.05) is 0 Å². The van der Waals surface area contributed by atoms with E-state index in [-0.39, 0.29) is 5.91 Å². The number of amides is 1. The highest BCUT2D eigenvalue weighted by Crippen LogP contribution is 2.21. The van der Waals surface area contributed by atoms with Crippen LogP contribution in [0.3, 0.4) is 0 Å². The highest BCUT2D eigenvalue weighted by atomic mass is 35.5. The number of aromatic nitrogens is 1. The van der Waals surface area contributed by atoms with Gasteiger partial charge in [-0.15, -0.1) is 0 Å². The van der Waals surface area contributed by atoms with Crippen LogP contribution in [0.25, 0.3) is 10.9 Å². The molecule has 0 aliphatic rings. The van der Waals surface area contributed by atoms with Crippen molar-refractivity contribution in [3.05, 3.63) is 70.4 Å². The predicted octanol–water partition coefficient (Wildman–Crippen LogP) is 4.15. The van der Waals surface area contributed by atoms with Crippen molar-refractivity contribution in [1.82, 2.24) is 10.4 Å². The average Bonchev–Trinajstić information content (AvgIpc) is 2.98. The number of benzene rings is 2. The topological polar surface area (TPSA) is 57.2 Å². The van der Waals surface area contributed by atoms with Gasteiger partial charge in [-0.05, 0) is 24.1 Å². The molecule has 23 heavy (non-hydrogen) atoms. The average molecular weight is 326 g/mol. The van der Waals surface area contributed by atoms with Gasteiger partial charge in [0.25, 0.3) is 5.91 Å².